The molecule has 0 aliphatic heterocycles. The molecule has 0 bridgehead atoms. The van der Waals surface area contributed by atoms with Crippen LogP contribution in [0.25, 0.3) is 6.08 Å². The Morgan fingerprint density at radius 2 is 1.92 bits per heavy atom. The molecule has 0 fully saturated rings. The van der Waals surface area contributed by atoms with Gasteiger partial charge >= 0.3 is 12.3 Å². The maximum atomic E-state index is 12.8. The highest BCUT2D eigenvalue weighted by Crippen LogP contribution is 2.31. The number of amides is 1. The predicted molar refractivity (Wildman–Crippen MR) is 87.5 cm³/mol. The van der Waals surface area contributed by atoms with Gasteiger partial charge in [-0.25, -0.2) is 4.79 Å². The quantitative estimate of drug-likeness (QED) is 0.784. The van der Waals surface area contributed by atoms with Gasteiger partial charge in [-0.3, -0.25) is 4.98 Å². The van der Waals surface area contributed by atoms with Crippen molar-refractivity contribution in [1.29, 1.82) is 0 Å². The maximum Gasteiger partial charge on any atom is 0.418 e. The van der Waals surface area contributed by atoms with Crippen molar-refractivity contribution in [2.45, 2.75) is 19.2 Å². The van der Waals surface area contributed by atoms with Crippen LogP contribution in [0.3, 0.4) is 0 Å². The van der Waals surface area contributed by atoms with Gasteiger partial charge < -0.3 is 10.1 Å². The number of halogens is 3. The second kappa shape index (κ2) is 8.86. The zero-order valence-corrected chi connectivity index (χ0v) is 13.3. The number of pyridine rings is 1. The van der Waals surface area contributed by atoms with Gasteiger partial charge in [0.1, 0.15) is 6.61 Å². The summed E-state index contributed by atoms with van der Waals surface area (Å²) in [6.45, 7) is 0.406. The number of aromatic nitrogens is 1. The SMILES string of the molecule is O=C(NCCC=Cc1ncccc1C(F)(F)F)OCc1ccccc1. The van der Waals surface area contributed by atoms with E-state index in [4.69, 9.17) is 4.74 Å². The number of nitrogens with one attached hydrogen (secondary N) is 1. The van der Waals surface area contributed by atoms with Gasteiger partial charge in [-0.2, -0.15) is 13.2 Å². The van der Waals surface area contributed by atoms with Crippen molar-refractivity contribution in [2.75, 3.05) is 6.54 Å². The van der Waals surface area contributed by atoms with Crippen LogP contribution in [0.1, 0.15) is 23.2 Å². The molecule has 2 aromatic rings. The van der Waals surface area contributed by atoms with Crippen molar-refractivity contribution >= 4 is 12.2 Å². The van der Waals surface area contributed by atoms with Crippen molar-refractivity contribution < 1.29 is 22.7 Å². The first-order valence-electron chi connectivity index (χ1n) is 7.60. The minimum Gasteiger partial charge on any atom is -0.445 e. The smallest absolute Gasteiger partial charge is 0.418 e. The molecule has 1 aromatic carbocycles. The van der Waals surface area contributed by atoms with Gasteiger partial charge in [0.05, 0.1) is 11.3 Å². The third-order valence-electron chi connectivity index (χ3n) is 3.21. The van der Waals surface area contributed by atoms with Crippen LogP contribution in [-0.2, 0) is 17.5 Å². The minimum absolute atomic E-state index is 0.151. The Balaban J connectivity index is 1.74. The number of hydrogen-bond acceptors (Lipinski definition) is 3. The first-order valence-corrected chi connectivity index (χ1v) is 7.60. The molecule has 0 aliphatic rings. The van der Waals surface area contributed by atoms with Gasteiger partial charge in [-0.1, -0.05) is 36.4 Å². The van der Waals surface area contributed by atoms with E-state index in [9.17, 15) is 18.0 Å². The minimum atomic E-state index is -4.45. The summed E-state index contributed by atoms with van der Waals surface area (Å²) >= 11 is 0. The van der Waals surface area contributed by atoms with Crippen LogP contribution in [0.4, 0.5) is 18.0 Å². The number of carbonyl (C=O) groups is 1. The number of hydrogen-bond donors (Lipinski definition) is 1. The van der Waals surface area contributed by atoms with E-state index in [-0.39, 0.29) is 18.8 Å². The first kappa shape index (κ1) is 18.5. The second-order valence-corrected chi connectivity index (χ2v) is 5.11. The van der Waals surface area contributed by atoms with Crippen LogP contribution in [0.2, 0.25) is 0 Å². The Bertz CT molecular complexity index is 716. The van der Waals surface area contributed by atoms with Gasteiger partial charge in [0, 0.05) is 12.7 Å². The number of benzene rings is 1. The van der Waals surface area contributed by atoms with E-state index in [0.29, 0.717) is 6.42 Å². The molecule has 1 amide bonds. The van der Waals surface area contributed by atoms with Crippen LogP contribution >= 0.6 is 0 Å². The van der Waals surface area contributed by atoms with Crippen molar-refractivity contribution in [3.63, 3.8) is 0 Å². The molecule has 0 aliphatic carbocycles. The van der Waals surface area contributed by atoms with E-state index in [1.54, 1.807) is 0 Å². The lowest BCUT2D eigenvalue weighted by Crippen LogP contribution is -2.24. The Hall–Kier alpha value is -2.83. The predicted octanol–water partition coefficient (Wildman–Crippen LogP) is 4.43. The Kier molecular flexibility index (Phi) is 6.56. The summed E-state index contributed by atoms with van der Waals surface area (Å²) in [4.78, 5) is 15.2. The molecule has 25 heavy (non-hydrogen) atoms. The van der Waals surface area contributed by atoms with E-state index < -0.39 is 17.8 Å². The van der Waals surface area contributed by atoms with Crippen LogP contribution in [0.15, 0.2) is 54.7 Å². The van der Waals surface area contributed by atoms with Gasteiger partial charge in [-0.15, -0.1) is 0 Å². The van der Waals surface area contributed by atoms with E-state index in [1.807, 2.05) is 30.3 Å². The largest absolute Gasteiger partial charge is 0.445 e. The zero-order chi connectivity index (χ0) is 18.1. The van der Waals surface area contributed by atoms with E-state index in [0.717, 1.165) is 11.6 Å². The third kappa shape index (κ3) is 6.29. The summed E-state index contributed by atoms with van der Waals surface area (Å²) in [5.74, 6) is 0. The highest BCUT2D eigenvalue weighted by atomic mass is 19.4. The summed E-state index contributed by atoms with van der Waals surface area (Å²) in [7, 11) is 0. The van der Waals surface area contributed by atoms with E-state index in [1.165, 1.54) is 24.4 Å². The van der Waals surface area contributed by atoms with Crippen LogP contribution in [0, 0.1) is 0 Å². The summed E-state index contributed by atoms with van der Waals surface area (Å²) in [6, 6.07) is 11.4. The molecule has 7 heteroatoms. The molecule has 132 valence electrons. The fourth-order valence-corrected chi connectivity index (χ4v) is 2.02. The molecule has 0 saturated carbocycles. The number of nitrogens with zero attached hydrogens (tertiary/aromatic N) is 1. The Labute approximate surface area is 143 Å². The summed E-state index contributed by atoms with van der Waals surface area (Å²) < 4.78 is 43.4. The number of rotatable bonds is 6. The molecule has 0 unspecified atom stereocenters. The highest BCUT2D eigenvalue weighted by molar-refractivity contribution is 5.67. The molecular weight excluding hydrogens is 333 g/mol. The number of alkyl carbamates (subject to hydrolysis) is 1. The molecule has 0 spiro atoms. The average Bonchev–Trinajstić information content (AvgIpc) is 2.60. The normalized spacial score (nSPS) is 11.5. The highest BCUT2D eigenvalue weighted by Gasteiger charge is 2.33. The lowest BCUT2D eigenvalue weighted by Gasteiger charge is -2.08. The molecular formula is C18H17F3N2O2. The Morgan fingerprint density at radius 3 is 2.64 bits per heavy atom. The van der Waals surface area contributed by atoms with Crippen LogP contribution in [0.5, 0.6) is 0 Å². The van der Waals surface area contributed by atoms with Crippen molar-refractivity contribution in [3.8, 4) is 0 Å². The zero-order valence-electron chi connectivity index (χ0n) is 13.3. The molecule has 0 atom stereocenters. The van der Waals surface area contributed by atoms with Crippen LogP contribution in [-0.4, -0.2) is 17.6 Å². The second-order valence-electron chi connectivity index (χ2n) is 5.11. The van der Waals surface area contributed by atoms with Gasteiger partial charge in [0.15, 0.2) is 0 Å². The number of ether oxygens (including phenoxy) is 1. The van der Waals surface area contributed by atoms with Crippen LogP contribution < -0.4 is 5.32 Å². The first-order chi connectivity index (χ1) is 12.0. The standard InChI is InChI=1S/C18H17F3N2O2/c19-18(20,21)15-9-6-12-22-16(15)10-4-5-11-23-17(24)25-13-14-7-2-1-3-8-14/h1-4,6-10,12H,5,11,13H2,(H,23,24). The maximum absolute atomic E-state index is 12.8. The topological polar surface area (TPSA) is 51.2 Å². The van der Waals surface area contributed by atoms with Crippen molar-refractivity contribution in [3.05, 3.63) is 71.6 Å². The van der Waals surface area contributed by atoms with E-state index >= 15 is 0 Å². The molecule has 4 nitrogen and oxygen atoms in total. The Morgan fingerprint density at radius 1 is 1.16 bits per heavy atom. The lowest BCUT2D eigenvalue weighted by atomic mass is 10.1. The van der Waals surface area contributed by atoms with Crippen molar-refractivity contribution in [1.82, 2.24) is 10.3 Å². The summed E-state index contributed by atoms with van der Waals surface area (Å²) in [6.07, 6.45) is -0.559. The van der Waals surface area contributed by atoms with Gasteiger partial charge in [0.2, 0.25) is 0 Å². The molecule has 0 radical (unpaired) electrons. The monoisotopic (exact) mass is 350 g/mol. The average molecular weight is 350 g/mol. The van der Waals surface area contributed by atoms with Gasteiger partial charge in [0.25, 0.3) is 0 Å². The number of carbonyl (C=O) groups excluding carboxylic acids is 1. The fourth-order valence-electron chi connectivity index (χ4n) is 2.02. The van der Waals surface area contributed by atoms with E-state index in [2.05, 4.69) is 10.3 Å². The molecule has 1 heterocycles. The number of alkyl halides is 3. The van der Waals surface area contributed by atoms with Crippen molar-refractivity contribution in [2.24, 2.45) is 0 Å². The lowest BCUT2D eigenvalue weighted by molar-refractivity contribution is -0.138. The fraction of sp³-hybridized carbons (Fsp3) is 0.222. The third-order valence-corrected chi connectivity index (χ3v) is 3.21. The molecule has 0 saturated heterocycles. The molecule has 1 aromatic heterocycles. The summed E-state index contributed by atoms with van der Waals surface area (Å²) in [5, 5.41) is 2.53. The molecule has 1 N–H and O–H groups in total. The van der Waals surface area contributed by atoms with Gasteiger partial charge in [-0.05, 0) is 30.2 Å². The molecule has 2 rings (SSSR count). The summed E-state index contributed by atoms with van der Waals surface area (Å²) in [5.41, 5.74) is -0.0736.